The number of H-pyrrole nitrogens is 1. The number of aliphatic hydroxyl groups is 1. The minimum Gasteiger partial charge on any atom is -0.506 e. The number of hydrogen-bond acceptors (Lipinski definition) is 8. The Labute approximate surface area is 304 Å². The van der Waals surface area contributed by atoms with Crippen molar-refractivity contribution in [2.24, 2.45) is 5.73 Å². The number of aromatic amines is 1. The topological polar surface area (TPSA) is 159 Å². The maximum atomic E-state index is 12.9. The summed E-state index contributed by atoms with van der Waals surface area (Å²) in [4.78, 5) is 27.2. The Balaban J connectivity index is 0.924. The molecule has 1 aromatic heterocycles. The number of aromatic nitrogens is 1. The van der Waals surface area contributed by atoms with Crippen molar-refractivity contribution in [1.29, 1.82) is 0 Å². The predicted molar refractivity (Wildman–Crippen MR) is 205 cm³/mol. The van der Waals surface area contributed by atoms with Crippen LogP contribution >= 0.6 is 0 Å². The van der Waals surface area contributed by atoms with Gasteiger partial charge in [0.1, 0.15) is 17.6 Å². The number of nitrogens with two attached hydrogens (primary N) is 1. The van der Waals surface area contributed by atoms with Gasteiger partial charge in [-0.2, -0.15) is 0 Å². The number of phenols is 1. The normalized spacial score (nSPS) is 16.3. The van der Waals surface area contributed by atoms with Crippen LogP contribution in [0.2, 0.25) is 0 Å². The second kappa shape index (κ2) is 17.9. The quantitative estimate of drug-likeness (QED) is 0.0618. The molecule has 1 saturated carbocycles. The molecule has 1 heterocycles. The van der Waals surface area contributed by atoms with Crippen LogP contribution in [0.5, 0.6) is 11.5 Å². The van der Waals surface area contributed by atoms with Crippen LogP contribution in [-0.4, -0.2) is 46.6 Å². The van der Waals surface area contributed by atoms with E-state index >= 15 is 0 Å². The van der Waals surface area contributed by atoms with Crippen LogP contribution in [0.25, 0.3) is 22.0 Å². The summed E-state index contributed by atoms with van der Waals surface area (Å²) < 4.78 is 11.7. The first-order valence-electron chi connectivity index (χ1n) is 18.2. The molecule has 1 atom stereocenters. The van der Waals surface area contributed by atoms with Gasteiger partial charge in [0.05, 0.1) is 23.9 Å². The Morgan fingerprint density at radius 2 is 1.65 bits per heavy atom. The van der Waals surface area contributed by atoms with Gasteiger partial charge >= 0.3 is 6.09 Å². The molecule has 0 saturated heterocycles. The van der Waals surface area contributed by atoms with Crippen molar-refractivity contribution in [2.75, 3.05) is 18.5 Å². The van der Waals surface area contributed by atoms with Gasteiger partial charge in [-0.1, -0.05) is 60.7 Å². The number of carbonyl (C=O) groups is 1. The third-order valence-corrected chi connectivity index (χ3v) is 9.63. The second-order valence-corrected chi connectivity index (χ2v) is 13.5. The lowest BCUT2D eigenvalue weighted by atomic mass is 9.94. The number of pyridine rings is 1. The van der Waals surface area contributed by atoms with Gasteiger partial charge in [-0.25, -0.2) is 4.79 Å². The number of carbonyl (C=O) groups excluding carboxylic acids is 1. The third kappa shape index (κ3) is 10.00. The fourth-order valence-electron chi connectivity index (χ4n) is 6.73. The summed E-state index contributed by atoms with van der Waals surface area (Å²) in [5.41, 5.74) is 11.6. The molecule has 1 aliphatic rings. The minimum absolute atomic E-state index is 0.0338. The lowest BCUT2D eigenvalue weighted by Gasteiger charge is -2.26. The van der Waals surface area contributed by atoms with Gasteiger partial charge in [0.15, 0.2) is 0 Å². The highest BCUT2D eigenvalue weighted by molar-refractivity contribution is 5.92. The van der Waals surface area contributed by atoms with Crippen LogP contribution in [-0.2, 0) is 17.7 Å². The Bertz CT molecular complexity index is 1970. The number of benzene rings is 4. The highest BCUT2D eigenvalue weighted by Gasteiger charge is 2.22. The first-order valence-corrected chi connectivity index (χ1v) is 18.2. The average molecular weight is 705 g/mol. The molecule has 4 aromatic carbocycles. The number of nitrogens with one attached hydrogen (secondary N) is 3. The molecule has 10 heteroatoms. The largest absolute Gasteiger partial charge is 0.506 e. The number of phenolic OH excluding ortho intramolecular Hbond substituents is 1. The molecule has 272 valence electrons. The summed E-state index contributed by atoms with van der Waals surface area (Å²) in [6, 6.07) is 30.6. The highest BCUT2D eigenvalue weighted by Crippen LogP contribution is 2.31. The Morgan fingerprint density at radius 1 is 0.885 bits per heavy atom. The van der Waals surface area contributed by atoms with Gasteiger partial charge in [0, 0.05) is 36.1 Å². The number of anilines is 1. The van der Waals surface area contributed by atoms with Crippen molar-refractivity contribution in [3.63, 3.8) is 0 Å². The monoisotopic (exact) mass is 704 g/mol. The molecule has 0 unspecified atom stereocenters. The highest BCUT2D eigenvalue weighted by atomic mass is 16.6. The number of unbranched alkanes of at least 4 members (excludes halogenated alkanes) is 2. The zero-order valence-electron chi connectivity index (χ0n) is 29.4. The van der Waals surface area contributed by atoms with Gasteiger partial charge in [-0.05, 0) is 104 Å². The SMILES string of the molecule is NC1CCC(OC(=O)Nc2cc(CCCCCOc3ccc(CNC[C@H](O)c4ccc(O)c5[nH]c(=O)ccc45)cc3)ccc2-c2ccccc2)CC1. The van der Waals surface area contributed by atoms with Gasteiger partial charge in [0.2, 0.25) is 5.56 Å². The zero-order valence-corrected chi connectivity index (χ0v) is 29.4. The first kappa shape index (κ1) is 36.6. The van der Waals surface area contributed by atoms with E-state index in [0.717, 1.165) is 85.1 Å². The number of fused-ring (bicyclic) bond motifs is 1. The van der Waals surface area contributed by atoms with Gasteiger partial charge in [-0.15, -0.1) is 0 Å². The number of amides is 1. The molecule has 0 aliphatic heterocycles. The summed E-state index contributed by atoms with van der Waals surface area (Å²) in [5.74, 6) is 0.775. The molecule has 52 heavy (non-hydrogen) atoms. The fourth-order valence-corrected chi connectivity index (χ4v) is 6.73. The number of aromatic hydroxyl groups is 1. The molecule has 7 N–H and O–H groups in total. The number of ether oxygens (including phenoxy) is 2. The zero-order chi connectivity index (χ0) is 36.3. The molecule has 1 amide bonds. The molecule has 0 spiro atoms. The first-order chi connectivity index (χ1) is 25.3. The van der Waals surface area contributed by atoms with E-state index in [-0.39, 0.29) is 23.5 Å². The molecular formula is C42H48N4O6. The van der Waals surface area contributed by atoms with Crippen LogP contribution in [0.3, 0.4) is 0 Å². The Hall–Kier alpha value is -5.16. The van der Waals surface area contributed by atoms with Crippen molar-refractivity contribution >= 4 is 22.7 Å². The Morgan fingerprint density at radius 3 is 2.44 bits per heavy atom. The van der Waals surface area contributed by atoms with E-state index in [0.29, 0.717) is 36.2 Å². The molecule has 0 bridgehead atoms. The number of aryl methyl sites for hydroxylation is 1. The molecule has 10 nitrogen and oxygen atoms in total. The van der Waals surface area contributed by atoms with Crippen LogP contribution in [0.1, 0.15) is 67.7 Å². The summed E-state index contributed by atoms with van der Waals surface area (Å²) >= 11 is 0. The summed E-state index contributed by atoms with van der Waals surface area (Å²) in [6.45, 7) is 1.48. The van der Waals surface area contributed by atoms with Crippen molar-refractivity contribution in [2.45, 2.75) is 76.2 Å². The van der Waals surface area contributed by atoms with E-state index in [1.807, 2.05) is 54.6 Å². The van der Waals surface area contributed by atoms with Gasteiger partial charge in [0.25, 0.3) is 0 Å². The maximum absolute atomic E-state index is 12.9. The van der Waals surface area contributed by atoms with E-state index < -0.39 is 12.2 Å². The van der Waals surface area contributed by atoms with E-state index in [1.54, 1.807) is 12.1 Å². The van der Waals surface area contributed by atoms with Crippen LogP contribution < -0.4 is 26.7 Å². The molecular weight excluding hydrogens is 656 g/mol. The summed E-state index contributed by atoms with van der Waals surface area (Å²) in [5, 5.41) is 27.8. The fraction of sp³-hybridized carbons (Fsp3) is 0.333. The smallest absolute Gasteiger partial charge is 0.411 e. The lowest BCUT2D eigenvalue weighted by Crippen LogP contribution is -2.32. The maximum Gasteiger partial charge on any atom is 0.411 e. The third-order valence-electron chi connectivity index (χ3n) is 9.63. The van der Waals surface area contributed by atoms with E-state index in [4.69, 9.17) is 15.2 Å². The molecule has 5 aromatic rings. The molecule has 1 aliphatic carbocycles. The standard InChI is InChI=1S/C42H48N4O6/c43-31-13-17-33(18-14-31)52-42(50)45-37-25-28(12-19-34(37)30-8-4-1-5-9-30)7-3-2-6-24-51-32-15-10-29(11-16-32)26-44-27-39(48)35-20-22-38(47)41-36(35)21-23-40(49)46-41/h1,4-5,8-12,15-16,19-23,25,31,33,39,44,47-48H,2-3,6-7,13-14,17-18,24,26-27,43H2,(H,45,50)(H,46,49)/t31?,33?,39-/m0/s1. The van der Waals surface area contributed by atoms with Crippen LogP contribution in [0.15, 0.2) is 102 Å². The number of rotatable bonds is 15. The number of hydrogen-bond donors (Lipinski definition) is 6. The molecule has 1 fully saturated rings. The van der Waals surface area contributed by atoms with E-state index in [9.17, 15) is 19.8 Å². The van der Waals surface area contributed by atoms with Gasteiger partial charge in [-0.3, -0.25) is 10.1 Å². The van der Waals surface area contributed by atoms with Crippen molar-refractivity contribution in [1.82, 2.24) is 10.3 Å². The summed E-state index contributed by atoms with van der Waals surface area (Å²) in [7, 11) is 0. The predicted octanol–water partition coefficient (Wildman–Crippen LogP) is 7.33. The Kier molecular flexibility index (Phi) is 12.6. The van der Waals surface area contributed by atoms with Crippen molar-refractivity contribution in [3.05, 3.63) is 124 Å². The van der Waals surface area contributed by atoms with Crippen LogP contribution in [0.4, 0.5) is 10.5 Å². The lowest BCUT2D eigenvalue weighted by molar-refractivity contribution is 0.0826. The molecule has 6 rings (SSSR count). The minimum atomic E-state index is -0.820. The van der Waals surface area contributed by atoms with E-state index in [1.165, 1.54) is 12.1 Å². The number of aliphatic hydroxyl groups excluding tert-OH is 1. The molecule has 0 radical (unpaired) electrons. The summed E-state index contributed by atoms with van der Waals surface area (Å²) in [6.07, 6.45) is 5.82. The van der Waals surface area contributed by atoms with Crippen molar-refractivity contribution < 1.29 is 24.5 Å². The van der Waals surface area contributed by atoms with E-state index in [2.05, 4.69) is 33.8 Å². The van der Waals surface area contributed by atoms with Crippen LogP contribution in [0, 0.1) is 0 Å². The van der Waals surface area contributed by atoms with Crippen molar-refractivity contribution in [3.8, 4) is 22.6 Å². The average Bonchev–Trinajstić information content (AvgIpc) is 3.15. The van der Waals surface area contributed by atoms with Gasteiger partial charge < -0.3 is 35.7 Å². The second-order valence-electron chi connectivity index (χ2n) is 13.5.